The average molecular weight is 224 g/mol. The number of hydrogen-bond acceptors (Lipinski definition) is 6. The Morgan fingerprint density at radius 1 is 1.14 bits per heavy atom. The van der Waals surface area contributed by atoms with Gasteiger partial charge in [0, 0.05) is 0 Å². The van der Waals surface area contributed by atoms with Gasteiger partial charge in [-0.15, -0.1) is 11.8 Å². The summed E-state index contributed by atoms with van der Waals surface area (Å²) in [6, 6.07) is 0. The number of rotatable bonds is 3. The Balaban J connectivity index is 2.63. The molecule has 0 aromatic carbocycles. The molecule has 14 heavy (non-hydrogen) atoms. The van der Waals surface area contributed by atoms with Crippen molar-refractivity contribution in [3.8, 4) is 0 Å². The van der Waals surface area contributed by atoms with E-state index in [0.29, 0.717) is 0 Å². The molecule has 6 heteroatoms. The lowest BCUT2D eigenvalue weighted by Gasteiger charge is -2.39. The SMILES string of the molecule is CCS[C@@H]1OC(CO)[C@@H](O)[C@H](O)C1O. The van der Waals surface area contributed by atoms with Crippen LogP contribution in [0.4, 0.5) is 0 Å². The Kier molecular flexibility index (Phi) is 4.62. The van der Waals surface area contributed by atoms with Crippen LogP contribution >= 0.6 is 11.8 Å². The van der Waals surface area contributed by atoms with Crippen molar-refractivity contribution >= 4 is 11.8 Å². The fraction of sp³-hybridized carbons (Fsp3) is 1.00. The third kappa shape index (κ3) is 2.39. The van der Waals surface area contributed by atoms with E-state index in [4.69, 9.17) is 9.84 Å². The summed E-state index contributed by atoms with van der Waals surface area (Å²) in [6.45, 7) is 1.53. The zero-order valence-corrected chi connectivity index (χ0v) is 8.72. The lowest BCUT2D eigenvalue weighted by Crippen LogP contribution is -2.57. The predicted octanol–water partition coefficient (Wildman–Crippen LogP) is -1.46. The molecule has 0 aromatic heterocycles. The van der Waals surface area contributed by atoms with Crippen molar-refractivity contribution < 1.29 is 25.2 Å². The molecule has 0 aromatic rings. The minimum Gasteiger partial charge on any atom is -0.394 e. The molecule has 4 N–H and O–H groups in total. The highest BCUT2D eigenvalue weighted by Crippen LogP contribution is 2.27. The van der Waals surface area contributed by atoms with Gasteiger partial charge in [0.15, 0.2) is 0 Å². The summed E-state index contributed by atoms with van der Waals surface area (Å²) in [4.78, 5) is 0. The van der Waals surface area contributed by atoms with Gasteiger partial charge in [0.05, 0.1) is 6.61 Å². The molecule has 0 spiro atoms. The Morgan fingerprint density at radius 2 is 1.79 bits per heavy atom. The maximum absolute atomic E-state index is 9.51. The van der Waals surface area contributed by atoms with Crippen LogP contribution < -0.4 is 0 Å². The third-order valence-corrected chi connectivity index (χ3v) is 3.23. The summed E-state index contributed by atoms with van der Waals surface area (Å²) in [5, 5.41) is 37.2. The molecule has 1 rings (SSSR count). The van der Waals surface area contributed by atoms with Gasteiger partial charge in [0.2, 0.25) is 0 Å². The molecule has 1 aliphatic rings. The first-order valence-corrected chi connectivity index (χ1v) is 5.58. The molecule has 5 nitrogen and oxygen atoms in total. The van der Waals surface area contributed by atoms with Crippen LogP contribution in [0.5, 0.6) is 0 Å². The van der Waals surface area contributed by atoms with E-state index >= 15 is 0 Å². The summed E-state index contributed by atoms with van der Waals surface area (Å²) >= 11 is 1.33. The first-order valence-electron chi connectivity index (χ1n) is 4.54. The second-order valence-corrected chi connectivity index (χ2v) is 4.53. The van der Waals surface area contributed by atoms with Gasteiger partial charge in [-0.1, -0.05) is 6.92 Å². The Morgan fingerprint density at radius 3 is 2.29 bits per heavy atom. The Labute approximate surface area is 86.7 Å². The molecular weight excluding hydrogens is 208 g/mol. The zero-order chi connectivity index (χ0) is 10.7. The number of aliphatic hydroxyl groups excluding tert-OH is 4. The number of ether oxygens (including phenoxy) is 1. The first-order chi connectivity index (χ1) is 6.61. The molecule has 0 radical (unpaired) electrons. The molecular formula is C8H16O5S. The lowest BCUT2D eigenvalue weighted by molar-refractivity contribution is -0.205. The topological polar surface area (TPSA) is 90.2 Å². The molecule has 0 amide bonds. The van der Waals surface area contributed by atoms with Crippen LogP contribution in [0.15, 0.2) is 0 Å². The highest BCUT2D eigenvalue weighted by molar-refractivity contribution is 7.99. The third-order valence-electron chi connectivity index (χ3n) is 2.18. The second kappa shape index (κ2) is 5.29. The van der Waals surface area contributed by atoms with Crippen molar-refractivity contribution in [2.45, 2.75) is 36.8 Å². The molecule has 1 fully saturated rings. The standard InChI is InChI=1S/C8H16O5S/c1-2-14-8-7(12)6(11)5(10)4(3-9)13-8/h4-12H,2-3H2,1H3/t4?,5-,6+,7?,8+/m1/s1. The molecule has 0 bridgehead atoms. The van der Waals surface area contributed by atoms with Gasteiger partial charge in [0.1, 0.15) is 29.9 Å². The highest BCUT2D eigenvalue weighted by Gasteiger charge is 2.43. The molecule has 2 unspecified atom stereocenters. The summed E-state index contributed by atoms with van der Waals surface area (Å²) in [5.74, 6) is 0.725. The largest absolute Gasteiger partial charge is 0.394 e. The van der Waals surface area contributed by atoms with Crippen molar-refractivity contribution in [2.75, 3.05) is 12.4 Å². The minimum atomic E-state index is -1.26. The van der Waals surface area contributed by atoms with E-state index in [0.717, 1.165) is 5.75 Å². The van der Waals surface area contributed by atoms with Crippen molar-refractivity contribution in [3.63, 3.8) is 0 Å². The maximum Gasteiger partial charge on any atom is 0.132 e. The predicted molar refractivity (Wildman–Crippen MR) is 51.9 cm³/mol. The summed E-state index contributed by atoms with van der Waals surface area (Å²) in [5.41, 5.74) is -0.587. The van der Waals surface area contributed by atoms with E-state index in [1.807, 2.05) is 6.92 Å². The van der Waals surface area contributed by atoms with Crippen LogP contribution in [0.25, 0.3) is 0 Å². The van der Waals surface area contributed by atoms with E-state index in [1.54, 1.807) is 0 Å². The number of hydrogen-bond donors (Lipinski definition) is 4. The van der Waals surface area contributed by atoms with E-state index in [9.17, 15) is 15.3 Å². The van der Waals surface area contributed by atoms with Crippen LogP contribution in [0.2, 0.25) is 0 Å². The maximum atomic E-state index is 9.51. The summed E-state index contributed by atoms with van der Waals surface area (Å²) in [6.07, 6.45) is -4.43. The fourth-order valence-electron chi connectivity index (χ4n) is 1.37. The van der Waals surface area contributed by atoms with E-state index in [1.165, 1.54) is 11.8 Å². The van der Waals surface area contributed by atoms with Gasteiger partial charge in [-0.2, -0.15) is 0 Å². The van der Waals surface area contributed by atoms with Gasteiger partial charge in [-0.05, 0) is 5.75 Å². The smallest absolute Gasteiger partial charge is 0.132 e. The van der Waals surface area contributed by atoms with Gasteiger partial charge < -0.3 is 25.2 Å². The number of aliphatic hydroxyl groups is 4. The van der Waals surface area contributed by atoms with E-state index in [-0.39, 0.29) is 6.61 Å². The Bertz CT molecular complexity index is 175. The molecule has 84 valence electrons. The average Bonchev–Trinajstić information content (AvgIpc) is 2.19. The highest BCUT2D eigenvalue weighted by atomic mass is 32.2. The van der Waals surface area contributed by atoms with Gasteiger partial charge >= 0.3 is 0 Å². The molecule has 0 aliphatic carbocycles. The monoisotopic (exact) mass is 224 g/mol. The van der Waals surface area contributed by atoms with Crippen molar-refractivity contribution in [3.05, 3.63) is 0 Å². The number of thioether (sulfide) groups is 1. The molecule has 1 saturated heterocycles. The normalized spacial score (nSPS) is 43.9. The van der Waals surface area contributed by atoms with Crippen LogP contribution in [0, 0.1) is 0 Å². The summed E-state index contributed by atoms with van der Waals surface area (Å²) < 4.78 is 5.22. The van der Waals surface area contributed by atoms with Crippen molar-refractivity contribution in [1.29, 1.82) is 0 Å². The van der Waals surface area contributed by atoms with Crippen LogP contribution in [0.1, 0.15) is 6.92 Å². The van der Waals surface area contributed by atoms with Gasteiger partial charge in [-0.3, -0.25) is 0 Å². The van der Waals surface area contributed by atoms with E-state index in [2.05, 4.69) is 0 Å². The van der Waals surface area contributed by atoms with Crippen LogP contribution in [-0.4, -0.2) is 62.6 Å². The first kappa shape index (κ1) is 12.2. The molecule has 0 saturated carbocycles. The second-order valence-electron chi connectivity index (χ2n) is 3.15. The van der Waals surface area contributed by atoms with Crippen molar-refractivity contribution in [1.82, 2.24) is 0 Å². The lowest BCUT2D eigenvalue weighted by atomic mass is 10.0. The van der Waals surface area contributed by atoms with Crippen LogP contribution in [0.3, 0.4) is 0 Å². The quantitative estimate of drug-likeness (QED) is 0.468. The van der Waals surface area contributed by atoms with Gasteiger partial charge in [-0.25, -0.2) is 0 Å². The Hall–Kier alpha value is 0.150. The van der Waals surface area contributed by atoms with Crippen LogP contribution in [-0.2, 0) is 4.74 Å². The van der Waals surface area contributed by atoms with Gasteiger partial charge in [0.25, 0.3) is 0 Å². The van der Waals surface area contributed by atoms with Crippen molar-refractivity contribution in [2.24, 2.45) is 0 Å². The molecule has 5 atom stereocenters. The molecule has 1 aliphatic heterocycles. The fourth-order valence-corrected chi connectivity index (χ4v) is 2.28. The zero-order valence-electron chi connectivity index (χ0n) is 7.91. The summed E-state index contributed by atoms with van der Waals surface area (Å²) in [7, 11) is 0. The van der Waals surface area contributed by atoms with E-state index < -0.39 is 29.9 Å². The minimum absolute atomic E-state index is 0.369. The molecule has 1 heterocycles.